The van der Waals surface area contributed by atoms with Gasteiger partial charge in [-0.1, -0.05) is 59.8 Å². The zero-order chi connectivity index (χ0) is 20.9. The minimum atomic E-state index is -0.0926. The smallest absolute Gasteiger partial charge is 0.234 e. The fourth-order valence-corrected chi connectivity index (χ4v) is 3.87. The molecule has 0 saturated heterocycles. The molecule has 4 aromatic rings. The Morgan fingerprint density at radius 1 is 0.967 bits per heavy atom. The van der Waals surface area contributed by atoms with E-state index in [-0.39, 0.29) is 11.7 Å². The number of hydrogen-bond donors (Lipinski definition) is 1. The molecule has 0 fully saturated rings. The number of hydrogen-bond acceptors (Lipinski definition) is 4. The van der Waals surface area contributed by atoms with E-state index in [0.29, 0.717) is 16.0 Å². The second kappa shape index (κ2) is 9.15. The molecule has 0 spiro atoms. The number of aromatic nitrogens is 3. The van der Waals surface area contributed by atoms with Crippen LogP contribution in [0.1, 0.15) is 5.56 Å². The number of thioether (sulfide) groups is 1. The molecule has 0 aliphatic rings. The number of carbonyl (C=O) groups is 1. The molecule has 1 heterocycles. The molecular weight excluding hydrogens is 416 g/mol. The van der Waals surface area contributed by atoms with Crippen LogP contribution in [0.3, 0.4) is 0 Å². The molecule has 5 nitrogen and oxygen atoms in total. The van der Waals surface area contributed by atoms with Gasteiger partial charge in [0.05, 0.1) is 5.75 Å². The Bertz CT molecular complexity index is 1160. The fourth-order valence-electron chi connectivity index (χ4n) is 2.99. The summed E-state index contributed by atoms with van der Waals surface area (Å²) in [5.41, 5.74) is 3.66. The van der Waals surface area contributed by atoms with Crippen LogP contribution < -0.4 is 5.32 Å². The van der Waals surface area contributed by atoms with Crippen LogP contribution in [0.2, 0.25) is 5.02 Å². The molecule has 0 unspecified atom stereocenters. The molecule has 1 amide bonds. The van der Waals surface area contributed by atoms with Gasteiger partial charge in [-0.2, -0.15) is 0 Å². The molecule has 0 atom stereocenters. The second-order valence-corrected chi connectivity index (χ2v) is 8.01. The number of anilines is 1. The van der Waals surface area contributed by atoms with Gasteiger partial charge in [0.25, 0.3) is 0 Å². The number of rotatable bonds is 6. The van der Waals surface area contributed by atoms with Gasteiger partial charge in [0.15, 0.2) is 11.0 Å². The molecule has 7 heteroatoms. The van der Waals surface area contributed by atoms with E-state index in [4.69, 9.17) is 11.6 Å². The largest absolute Gasteiger partial charge is 0.325 e. The van der Waals surface area contributed by atoms with Crippen LogP contribution >= 0.6 is 23.4 Å². The standard InChI is InChI=1S/C23H19ClN4OS/c1-16-7-5-6-10-20(16)25-21(29)15-30-23-27-26-22(17-11-13-18(24)14-12-17)28(23)19-8-3-2-4-9-19/h2-14H,15H2,1H3,(H,25,29). The maximum Gasteiger partial charge on any atom is 0.234 e. The number of halogens is 1. The summed E-state index contributed by atoms with van der Waals surface area (Å²) in [6.07, 6.45) is 0. The molecule has 0 radical (unpaired) electrons. The average Bonchev–Trinajstić information content (AvgIpc) is 3.19. The highest BCUT2D eigenvalue weighted by atomic mass is 35.5. The first-order chi connectivity index (χ1) is 14.6. The van der Waals surface area contributed by atoms with Crippen molar-refractivity contribution in [2.45, 2.75) is 12.1 Å². The summed E-state index contributed by atoms with van der Waals surface area (Å²) < 4.78 is 1.95. The van der Waals surface area contributed by atoms with Crippen molar-refractivity contribution in [3.8, 4) is 17.1 Å². The molecule has 1 aromatic heterocycles. The second-order valence-electron chi connectivity index (χ2n) is 6.64. The quantitative estimate of drug-likeness (QED) is 0.400. The highest BCUT2D eigenvalue weighted by molar-refractivity contribution is 7.99. The van der Waals surface area contributed by atoms with Crippen molar-refractivity contribution in [1.82, 2.24) is 14.8 Å². The van der Waals surface area contributed by atoms with E-state index in [0.717, 1.165) is 22.5 Å². The maximum atomic E-state index is 12.5. The minimum absolute atomic E-state index is 0.0926. The molecule has 3 aromatic carbocycles. The lowest BCUT2D eigenvalue weighted by molar-refractivity contribution is -0.113. The summed E-state index contributed by atoms with van der Waals surface area (Å²) in [6.45, 7) is 1.97. The highest BCUT2D eigenvalue weighted by Crippen LogP contribution is 2.28. The zero-order valence-corrected chi connectivity index (χ0v) is 17.8. The number of amides is 1. The predicted molar refractivity (Wildman–Crippen MR) is 122 cm³/mol. The normalized spacial score (nSPS) is 10.7. The third-order valence-electron chi connectivity index (χ3n) is 4.50. The third-order valence-corrected chi connectivity index (χ3v) is 5.68. The molecular formula is C23H19ClN4OS. The van der Waals surface area contributed by atoms with Gasteiger partial charge >= 0.3 is 0 Å². The van der Waals surface area contributed by atoms with Crippen LogP contribution in [0.4, 0.5) is 5.69 Å². The van der Waals surface area contributed by atoms with Gasteiger partial charge in [-0.3, -0.25) is 9.36 Å². The van der Waals surface area contributed by atoms with Crippen molar-refractivity contribution in [2.75, 3.05) is 11.1 Å². The molecule has 4 rings (SSSR count). The molecule has 0 saturated carbocycles. The van der Waals surface area contributed by atoms with Crippen molar-refractivity contribution in [1.29, 1.82) is 0 Å². The van der Waals surface area contributed by atoms with Gasteiger partial charge in [0, 0.05) is 22.0 Å². The monoisotopic (exact) mass is 434 g/mol. The minimum Gasteiger partial charge on any atom is -0.325 e. The fraction of sp³-hybridized carbons (Fsp3) is 0.0870. The van der Waals surface area contributed by atoms with Gasteiger partial charge in [0.2, 0.25) is 5.91 Å². The lowest BCUT2D eigenvalue weighted by Crippen LogP contribution is -2.15. The molecule has 0 aliphatic carbocycles. The van der Waals surface area contributed by atoms with E-state index in [9.17, 15) is 4.79 Å². The van der Waals surface area contributed by atoms with Crippen LogP contribution in [-0.4, -0.2) is 26.4 Å². The first-order valence-corrected chi connectivity index (χ1v) is 10.7. The summed E-state index contributed by atoms with van der Waals surface area (Å²) in [6, 6.07) is 25.0. The number of nitrogens with one attached hydrogen (secondary N) is 1. The lowest BCUT2D eigenvalue weighted by Gasteiger charge is -2.11. The van der Waals surface area contributed by atoms with Crippen molar-refractivity contribution in [3.63, 3.8) is 0 Å². The Morgan fingerprint density at radius 2 is 1.67 bits per heavy atom. The topological polar surface area (TPSA) is 59.8 Å². The number of nitrogens with zero attached hydrogens (tertiary/aromatic N) is 3. The molecule has 0 bridgehead atoms. The molecule has 30 heavy (non-hydrogen) atoms. The molecule has 0 aliphatic heterocycles. The highest BCUT2D eigenvalue weighted by Gasteiger charge is 2.17. The summed E-state index contributed by atoms with van der Waals surface area (Å²) in [7, 11) is 0. The summed E-state index contributed by atoms with van der Waals surface area (Å²) in [5.74, 6) is 0.824. The first-order valence-electron chi connectivity index (χ1n) is 9.37. The number of aryl methyl sites for hydroxylation is 1. The first kappa shape index (κ1) is 20.2. The Morgan fingerprint density at radius 3 is 2.40 bits per heavy atom. The van der Waals surface area contributed by atoms with E-state index in [1.807, 2.05) is 90.4 Å². The Hall–Kier alpha value is -3.09. The van der Waals surface area contributed by atoms with Crippen molar-refractivity contribution in [3.05, 3.63) is 89.4 Å². The Kier molecular flexibility index (Phi) is 6.16. The van der Waals surface area contributed by atoms with E-state index in [2.05, 4.69) is 15.5 Å². The van der Waals surface area contributed by atoms with E-state index in [1.165, 1.54) is 11.8 Å². The van der Waals surface area contributed by atoms with Crippen LogP contribution in [0.25, 0.3) is 17.1 Å². The van der Waals surface area contributed by atoms with Crippen molar-refractivity contribution < 1.29 is 4.79 Å². The number of carbonyl (C=O) groups excluding carboxylic acids is 1. The summed E-state index contributed by atoms with van der Waals surface area (Å²) in [4.78, 5) is 12.5. The summed E-state index contributed by atoms with van der Waals surface area (Å²) in [5, 5.41) is 13.0. The average molecular weight is 435 g/mol. The SMILES string of the molecule is Cc1ccccc1NC(=O)CSc1nnc(-c2ccc(Cl)cc2)n1-c1ccccc1. The molecule has 150 valence electrons. The lowest BCUT2D eigenvalue weighted by atomic mass is 10.2. The molecule has 1 N–H and O–H groups in total. The van der Waals surface area contributed by atoms with Gasteiger partial charge in [0.1, 0.15) is 0 Å². The van der Waals surface area contributed by atoms with E-state index < -0.39 is 0 Å². The Balaban J connectivity index is 1.59. The maximum absolute atomic E-state index is 12.5. The number of benzene rings is 3. The van der Waals surface area contributed by atoms with Crippen LogP contribution in [-0.2, 0) is 4.79 Å². The Labute approximate surface area is 184 Å². The van der Waals surface area contributed by atoms with Gasteiger partial charge in [-0.05, 0) is 55.0 Å². The van der Waals surface area contributed by atoms with Gasteiger partial charge in [-0.15, -0.1) is 10.2 Å². The number of para-hydroxylation sites is 2. The van der Waals surface area contributed by atoms with E-state index >= 15 is 0 Å². The van der Waals surface area contributed by atoms with E-state index in [1.54, 1.807) is 0 Å². The zero-order valence-electron chi connectivity index (χ0n) is 16.2. The van der Waals surface area contributed by atoms with Gasteiger partial charge < -0.3 is 5.32 Å². The van der Waals surface area contributed by atoms with Crippen molar-refractivity contribution in [2.24, 2.45) is 0 Å². The van der Waals surface area contributed by atoms with Crippen molar-refractivity contribution >= 4 is 35.0 Å². The van der Waals surface area contributed by atoms with Crippen LogP contribution in [0, 0.1) is 6.92 Å². The van der Waals surface area contributed by atoms with Gasteiger partial charge in [-0.25, -0.2) is 0 Å². The third kappa shape index (κ3) is 4.56. The van der Waals surface area contributed by atoms with Crippen LogP contribution in [0.15, 0.2) is 84.0 Å². The summed E-state index contributed by atoms with van der Waals surface area (Å²) >= 11 is 7.38. The predicted octanol–water partition coefficient (Wildman–Crippen LogP) is 5.63. The van der Waals surface area contributed by atoms with Crippen LogP contribution in [0.5, 0.6) is 0 Å².